The Hall–Kier alpha value is -1.92. The van der Waals surface area contributed by atoms with E-state index in [2.05, 4.69) is 0 Å². The van der Waals surface area contributed by atoms with Gasteiger partial charge in [0.2, 0.25) is 15.9 Å². The Morgan fingerprint density at radius 2 is 1.86 bits per heavy atom. The summed E-state index contributed by atoms with van der Waals surface area (Å²) in [5, 5.41) is 1.88. The smallest absolute Gasteiger partial charge is 0.243 e. The number of rotatable bonds is 3. The van der Waals surface area contributed by atoms with Crippen molar-refractivity contribution in [2.75, 3.05) is 13.1 Å². The molecular formula is C16H18N2O3S. The molecular weight excluding hydrogens is 300 g/mol. The maximum absolute atomic E-state index is 12.8. The fourth-order valence-electron chi connectivity index (χ4n) is 2.87. The molecule has 3 rings (SSSR count). The van der Waals surface area contributed by atoms with E-state index in [4.69, 9.17) is 5.73 Å². The maximum Gasteiger partial charge on any atom is 0.243 e. The van der Waals surface area contributed by atoms with Gasteiger partial charge in [-0.3, -0.25) is 4.79 Å². The monoisotopic (exact) mass is 318 g/mol. The molecule has 0 radical (unpaired) electrons. The van der Waals surface area contributed by atoms with Crippen molar-refractivity contribution in [3.8, 4) is 0 Å². The number of nitrogens with zero attached hydrogens (tertiary/aromatic N) is 1. The zero-order valence-corrected chi connectivity index (χ0v) is 12.9. The number of hydrogen-bond donors (Lipinski definition) is 1. The fraction of sp³-hybridized carbons (Fsp3) is 0.312. The van der Waals surface area contributed by atoms with Crippen LogP contribution in [0.2, 0.25) is 0 Å². The summed E-state index contributed by atoms with van der Waals surface area (Å²) < 4.78 is 26.9. The van der Waals surface area contributed by atoms with Gasteiger partial charge in [-0.1, -0.05) is 30.3 Å². The molecule has 6 heteroatoms. The van der Waals surface area contributed by atoms with Crippen molar-refractivity contribution in [2.24, 2.45) is 11.7 Å². The second-order valence-corrected chi connectivity index (χ2v) is 7.55. The standard InChI is InChI=1S/C16H18N2O3S/c17-16(19)14-6-3-9-18(11-14)22(20,21)15-8-7-12-4-1-2-5-13(12)10-15/h1-2,4-5,7-8,10,14H,3,6,9,11H2,(H2,17,19)/t14-/m0/s1. The zero-order chi connectivity index (χ0) is 15.7. The van der Waals surface area contributed by atoms with Crippen molar-refractivity contribution in [1.29, 1.82) is 0 Å². The van der Waals surface area contributed by atoms with E-state index in [9.17, 15) is 13.2 Å². The second-order valence-electron chi connectivity index (χ2n) is 5.61. The normalized spacial score (nSPS) is 20.1. The van der Waals surface area contributed by atoms with Gasteiger partial charge in [-0.2, -0.15) is 4.31 Å². The Morgan fingerprint density at radius 1 is 1.14 bits per heavy atom. The number of primary amides is 1. The first kappa shape index (κ1) is 15.0. The van der Waals surface area contributed by atoms with E-state index in [1.165, 1.54) is 4.31 Å². The van der Waals surface area contributed by atoms with Crippen molar-refractivity contribution < 1.29 is 13.2 Å². The fourth-order valence-corrected chi connectivity index (χ4v) is 4.43. The van der Waals surface area contributed by atoms with Gasteiger partial charge in [0.05, 0.1) is 10.8 Å². The highest BCUT2D eigenvalue weighted by atomic mass is 32.2. The number of sulfonamides is 1. The number of carbonyl (C=O) groups excluding carboxylic acids is 1. The first-order valence-corrected chi connectivity index (χ1v) is 8.71. The van der Waals surface area contributed by atoms with Crippen LogP contribution in [0.3, 0.4) is 0 Å². The van der Waals surface area contributed by atoms with Gasteiger partial charge >= 0.3 is 0 Å². The highest BCUT2D eigenvalue weighted by Gasteiger charge is 2.32. The Bertz CT molecular complexity index is 817. The lowest BCUT2D eigenvalue weighted by Crippen LogP contribution is -2.44. The SMILES string of the molecule is NC(=O)[C@H]1CCCN(S(=O)(=O)c2ccc3ccccc3c2)C1. The largest absolute Gasteiger partial charge is 0.369 e. The van der Waals surface area contributed by atoms with Crippen molar-refractivity contribution in [3.63, 3.8) is 0 Å². The summed E-state index contributed by atoms with van der Waals surface area (Å²) in [4.78, 5) is 11.6. The number of hydrogen-bond acceptors (Lipinski definition) is 3. The van der Waals surface area contributed by atoms with Crippen LogP contribution in [-0.2, 0) is 14.8 Å². The summed E-state index contributed by atoms with van der Waals surface area (Å²) >= 11 is 0. The van der Waals surface area contributed by atoms with Crippen LogP contribution in [-0.4, -0.2) is 31.7 Å². The highest BCUT2D eigenvalue weighted by molar-refractivity contribution is 7.89. The van der Waals surface area contributed by atoms with E-state index >= 15 is 0 Å². The topological polar surface area (TPSA) is 80.5 Å². The molecule has 1 fully saturated rings. The van der Waals surface area contributed by atoms with E-state index in [1.807, 2.05) is 24.3 Å². The summed E-state index contributed by atoms with van der Waals surface area (Å²) in [5.41, 5.74) is 5.33. The summed E-state index contributed by atoms with van der Waals surface area (Å²) in [6, 6.07) is 12.7. The van der Waals surface area contributed by atoms with Gasteiger partial charge in [-0.05, 0) is 35.7 Å². The molecule has 1 amide bonds. The molecule has 2 aromatic rings. The van der Waals surface area contributed by atoms with Gasteiger partial charge in [0.15, 0.2) is 0 Å². The molecule has 1 saturated heterocycles. The van der Waals surface area contributed by atoms with Crippen LogP contribution in [0.25, 0.3) is 10.8 Å². The zero-order valence-electron chi connectivity index (χ0n) is 12.1. The predicted molar refractivity (Wildman–Crippen MR) is 84.6 cm³/mol. The maximum atomic E-state index is 12.8. The van der Waals surface area contributed by atoms with E-state index in [0.717, 1.165) is 10.8 Å². The Morgan fingerprint density at radius 3 is 2.59 bits per heavy atom. The average molecular weight is 318 g/mol. The van der Waals surface area contributed by atoms with Crippen molar-refractivity contribution in [2.45, 2.75) is 17.7 Å². The van der Waals surface area contributed by atoms with Crippen molar-refractivity contribution in [3.05, 3.63) is 42.5 Å². The molecule has 1 atom stereocenters. The first-order valence-electron chi connectivity index (χ1n) is 7.27. The van der Waals surface area contributed by atoms with Crippen molar-refractivity contribution >= 4 is 26.7 Å². The molecule has 0 bridgehead atoms. The molecule has 1 heterocycles. The molecule has 0 aliphatic carbocycles. The third-order valence-electron chi connectivity index (χ3n) is 4.15. The van der Waals surface area contributed by atoms with Crippen LogP contribution in [0.5, 0.6) is 0 Å². The summed E-state index contributed by atoms with van der Waals surface area (Å²) in [5.74, 6) is -0.831. The molecule has 5 nitrogen and oxygen atoms in total. The third kappa shape index (κ3) is 2.71. The molecule has 22 heavy (non-hydrogen) atoms. The van der Waals surface area contributed by atoms with Gasteiger partial charge in [-0.25, -0.2) is 8.42 Å². The molecule has 1 aliphatic rings. The number of carbonyl (C=O) groups is 1. The average Bonchev–Trinajstić information content (AvgIpc) is 2.54. The highest BCUT2D eigenvalue weighted by Crippen LogP contribution is 2.26. The minimum absolute atomic E-state index is 0.171. The molecule has 0 unspecified atom stereocenters. The number of amides is 1. The van der Waals surface area contributed by atoms with Gasteiger partial charge < -0.3 is 5.73 Å². The number of nitrogens with two attached hydrogens (primary N) is 1. The Labute approximate surface area is 129 Å². The quantitative estimate of drug-likeness (QED) is 0.936. The summed E-state index contributed by atoms with van der Waals surface area (Å²) in [7, 11) is -3.59. The summed E-state index contributed by atoms with van der Waals surface area (Å²) in [6.07, 6.45) is 1.31. The van der Waals surface area contributed by atoms with E-state index in [1.54, 1.807) is 18.2 Å². The van der Waals surface area contributed by atoms with Crippen LogP contribution >= 0.6 is 0 Å². The number of fused-ring (bicyclic) bond motifs is 1. The molecule has 1 aliphatic heterocycles. The molecule has 0 aromatic heterocycles. The van der Waals surface area contributed by atoms with Crippen LogP contribution in [0.15, 0.2) is 47.4 Å². The first-order chi connectivity index (χ1) is 10.5. The molecule has 2 N–H and O–H groups in total. The number of piperidine rings is 1. The predicted octanol–water partition coefficient (Wildman–Crippen LogP) is 1.73. The van der Waals surface area contributed by atoms with Gasteiger partial charge in [-0.15, -0.1) is 0 Å². The van der Waals surface area contributed by atoms with Gasteiger partial charge in [0, 0.05) is 13.1 Å². The van der Waals surface area contributed by atoms with Crippen LogP contribution < -0.4 is 5.73 Å². The van der Waals surface area contributed by atoms with E-state index in [-0.39, 0.29) is 11.4 Å². The molecule has 0 saturated carbocycles. The molecule has 0 spiro atoms. The Kier molecular flexibility index (Phi) is 3.88. The minimum atomic E-state index is -3.59. The Balaban J connectivity index is 1.95. The van der Waals surface area contributed by atoms with Gasteiger partial charge in [0.1, 0.15) is 0 Å². The van der Waals surface area contributed by atoms with E-state index < -0.39 is 21.8 Å². The lowest BCUT2D eigenvalue weighted by molar-refractivity contribution is -0.122. The molecule has 116 valence electrons. The second kappa shape index (κ2) is 5.70. The molecule has 2 aromatic carbocycles. The minimum Gasteiger partial charge on any atom is -0.369 e. The van der Waals surface area contributed by atoms with Crippen LogP contribution in [0.4, 0.5) is 0 Å². The third-order valence-corrected chi connectivity index (χ3v) is 6.01. The summed E-state index contributed by atoms with van der Waals surface area (Å²) in [6.45, 7) is 0.601. The van der Waals surface area contributed by atoms with Crippen LogP contribution in [0.1, 0.15) is 12.8 Å². The number of benzene rings is 2. The van der Waals surface area contributed by atoms with Gasteiger partial charge in [0.25, 0.3) is 0 Å². The lowest BCUT2D eigenvalue weighted by Gasteiger charge is -2.30. The lowest BCUT2D eigenvalue weighted by atomic mass is 9.99. The van der Waals surface area contributed by atoms with E-state index in [0.29, 0.717) is 19.4 Å². The van der Waals surface area contributed by atoms with Crippen molar-refractivity contribution in [1.82, 2.24) is 4.31 Å². The van der Waals surface area contributed by atoms with Crippen LogP contribution in [0, 0.1) is 5.92 Å².